The summed E-state index contributed by atoms with van der Waals surface area (Å²) >= 11 is 0. The summed E-state index contributed by atoms with van der Waals surface area (Å²) in [5.74, 6) is -0.197. The van der Waals surface area contributed by atoms with E-state index in [1.54, 1.807) is 26.0 Å². The van der Waals surface area contributed by atoms with Crippen molar-refractivity contribution in [1.82, 2.24) is 0 Å². The van der Waals surface area contributed by atoms with E-state index in [2.05, 4.69) is 4.18 Å². The first kappa shape index (κ1) is 22.0. The fourth-order valence-corrected chi connectivity index (χ4v) is 2.13. The fraction of sp³-hybridized carbons (Fsp3) is 0.455. The topological polar surface area (TPSA) is 182 Å². The minimum atomic E-state index is -3.98. The summed E-state index contributed by atoms with van der Waals surface area (Å²) in [7, 11) is -3.98. The molecular formula is C11H21NO8S. The largest absolute Gasteiger partial charge is 0.463 e. The highest BCUT2D eigenvalue weighted by molar-refractivity contribution is 7.84. The minimum Gasteiger partial charge on any atom is -0.463 e. The summed E-state index contributed by atoms with van der Waals surface area (Å²) in [6, 6.07) is 7.23. The van der Waals surface area contributed by atoms with Crippen molar-refractivity contribution in [2.45, 2.75) is 25.7 Å². The number of fused-ring (bicyclic) bond motifs is 1. The van der Waals surface area contributed by atoms with Crippen molar-refractivity contribution in [1.29, 1.82) is 0 Å². The van der Waals surface area contributed by atoms with E-state index in [4.69, 9.17) is 14.6 Å². The number of hydrogen-bond acceptors (Lipinski definition) is 5. The monoisotopic (exact) mass is 327 g/mol. The number of benzene rings is 1. The zero-order chi connectivity index (χ0) is 13.4. The molecule has 0 spiro atoms. The Kier molecular flexibility index (Phi) is 8.03. The van der Waals surface area contributed by atoms with E-state index in [1.165, 1.54) is 0 Å². The van der Waals surface area contributed by atoms with Crippen LogP contribution >= 0.6 is 0 Å². The first-order chi connectivity index (χ1) is 8.27. The first-order valence-electron chi connectivity index (χ1n) is 5.40. The lowest BCUT2D eigenvalue weighted by Crippen LogP contribution is -2.39. The Morgan fingerprint density at radius 3 is 2.38 bits per heavy atom. The molecule has 0 amide bonds. The smallest absolute Gasteiger partial charge is 0.333 e. The molecule has 21 heavy (non-hydrogen) atoms. The second-order valence-electron chi connectivity index (χ2n) is 4.42. The molecular weight excluding hydrogens is 306 g/mol. The van der Waals surface area contributed by atoms with Crippen molar-refractivity contribution in [2.75, 3.05) is 6.61 Å². The molecule has 1 aliphatic rings. The van der Waals surface area contributed by atoms with Crippen LogP contribution in [0.3, 0.4) is 0 Å². The van der Waals surface area contributed by atoms with Gasteiger partial charge in [-0.15, -0.1) is 0 Å². The van der Waals surface area contributed by atoms with Gasteiger partial charge in [0.25, 0.3) is 0 Å². The lowest BCUT2D eigenvalue weighted by Gasteiger charge is -2.37. The van der Waals surface area contributed by atoms with Gasteiger partial charge < -0.3 is 25.9 Å². The van der Waals surface area contributed by atoms with E-state index < -0.39 is 22.2 Å². The van der Waals surface area contributed by atoms with Crippen LogP contribution in [0.2, 0.25) is 0 Å². The molecule has 1 aromatic carbocycles. The molecule has 124 valence electrons. The number of rotatable bonds is 3. The van der Waals surface area contributed by atoms with Gasteiger partial charge in [0.2, 0.25) is 5.79 Å². The quantitative estimate of drug-likeness (QED) is 0.716. The molecule has 9 nitrogen and oxygen atoms in total. The average Bonchev–Trinajstić information content (AvgIpc) is 2.23. The maximum atomic E-state index is 10.8. The van der Waals surface area contributed by atoms with Crippen molar-refractivity contribution in [3.8, 4) is 5.75 Å². The molecule has 0 aliphatic carbocycles. The van der Waals surface area contributed by atoms with Crippen molar-refractivity contribution >= 4 is 10.3 Å². The standard InChI is InChI=1S/C11H15NO5S.3H2O/c1-11(2)16-9-6-4-3-5-8(9)10(17-11)7-15-18(12,13)14;;;/h3-6,10H,7H2,1-2H3,(H2,12,13,14);3*1H2/t10-;;;/m0.../s1. The molecule has 10 heteroatoms. The van der Waals surface area contributed by atoms with Gasteiger partial charge in [0.1, 0.15) is 11.9 Å². The van der Waals surface area contributed by atoms with Gasteiger partial charge in [-0.05, 0) is 6.07 Å². The predicted octanol–water partition coefficient (Wildman–Crippen LogP) is -1.38. The molecule has 1 aromatic rings. The third kappa shape index (κ3) is 5.93. The van der Waals surface area contributed by atoms with Gasteiger partial charge in [0.15, 0.2) is 0 Å². The van der Waals surface area contributed by atoms with Crippen LogP contribution in [-0.2, 0) is 19.2 Å². The Hall–Kier alpha value is -1.27. The van der Waals surface area contributed by atoms with Gasteiger partial charge in [0, 0.05) is 19.4 Å². The lowest BCUT2D eigenvalue weighted by molar-refractivity contribution is -0.212. The van der Waals surface area contributed by atoms with Gasteiger partial charge >= 0.3 is 10.3 Å². The van der Waals surface area contributed by atoms with E-state index in [1.807, 2.05) is 12.1 Å². The highest BCUT2D eigenvalue weighted by Gasteiger charge is 2.34. The lowest BCUT2D eigenvalue weighted by atomic mass is 10.1. The summed E-state index contributed by atoms with van der Waals surface area (Å²) in [6.07, 6.45) is -0.539. The molecule has 0 saturated carbocycles. The van der Waals surface area contributed by atoms with E-state index >= 15 is 0 Å². The van der Waals surface area contributed by atoms with Crippen molar-refractivity contribution in [3.05, 3.63) is 29.8 Å². The number of hydrogen-bond donors (Lipinski definition) is 1. The summed E-state index contributed by atoms with van der Waals surface area (Å²) in [4.78, 5) is 0. The van der Waals surface area contributed by atoms with Crippen LogP contribution in [0.4, 0.5) is 0 Å². The van der Waals surface area contributed by atoms with Gasteiger partial charge in [-0.25, -0.2) is 5.14 Å². The highest BCUT2D eigenvalue weighted by Crippen LogP contribution is 2.38. The normalized spacial score (nSPS) is 18.9. The number of ether oxygens (including phenoxy) is 2. The van der Waals surface area contributed by atoms with Crippen LogP contribution in [0.1, 0.15) is 25.5 Å². The average molecular weight is 327 g/mol. The fourth-order valence-electron chi connectivity index (χ4n) is 1.81. The van der Waals surface area contributed by atoms with E-state index in [-0.39, 0.29) is 23.0 Å². The predicted molar refractivity (Wildman–Crippen MR) is 74.9 cm³/mol. The third-order valence-electron chi connectivity index (χ3n) is 2.43. The molecule has 2 rings (SSSR count). The zero-order valence-corrected chi connectivity index (χ0v) is 12.4. The third-order valence-corrected chi connectivity index (χ3v) is 2.90. The Labute approximate surface area is 122 Å². The van der Waals surface area contributed by atoms with Crippen LogP contribution in [-0.4, -0.2) is 37.2 Å². The Morgan fingerprint density at radius 1 is 1.24 bits per heavy atom. The van der Waals surface area contributed by atoms with E-state index in [0.717, 1.165) is 5.56 Å². The highest BCUT2D eigenvalue weighted by atomic mass is 32.2. The Bertz CT molecular complexity index is 545. The molecule has 0 fully saturated rings. The maximum Gasteiger partial charge on any atom is 0.333 e. The van der Waals surface area contributed by atoms with Crippen molar-refractivity contribution in [3.63, 3.8) is 0 Å². The van der Waals surface area contributed by atoms with Crippen LogP contribution in [0.25, 0.3) is 0 Å². The van der Waals surface area contributed by atoms with Crippen LogP contribution in [0.15, 0.2) is 24.3 Å². The summed E-state index contributed by atoms with van der Waals surface area (Å²) in [5, 5.41) is 4.80. The van der Waals surface area contributed by atoms with E-state index in [9.17, 15) is 8.42 Å². The van der Waals surface area contributed by atoms with E-state index in [0.29, 0.717) is 5.75 Å². The van der Waals surface area contributed by atoms with Crippen molar-refractivity contribution in [2.24, 2.45) is 5.14 Å². The second kappa shape index (κ2) is 7.66. The van der Waals surface area contributed by atoms with Gasteiger partial charge in [0.05, 0.1) is 6.61 Å². The van der Waals surface area contributed by atoms with Crippen LogP contribution < -0.4 is 9.88 Å². The second-order valence-corrected chi connectivity index (χ2v) is 5.64. The Morgan fingerprint density at radius 2 is 1.81 bits per heavy atom. The van der Waals surface area contributed by atoms with Gasteiger partial charge in [-0.3, -0.25) is 4.18 Å². The maximum absolute atomic E-state index is 10.8. The molecule has 8 N–H and O–H groups in total. The number of para-hydroxylation sites is 1. The summed E-state index contributed by atoms with van der Waals surface area (Å²) in [6.45, 7) is 3.31. The van der Waals surface area contributed by atoms with Crippen LogP contribution in [0, 0.1) is 0 Å². The molecule has 0 radical (unpaired) electrons. The molecule has 0 bridgehead atoms. The van der Waals surface area contributed by atoms with Gasteiger partial charge in [-0.2, -0.15) is 8.42 Å². The minimum absolute atomic E-state index is 0. The number of nitrogens with two attached hydrogens (primary N) is 1. The van der Waals surface area contributed by atoms with Crippen LogP contribution in [0.5, 0.6) is 5.75 Å². The molecule has 0 saturated heterocycles. The molecule has 0 aromatic heterocycles. The Balaban J connectivity index is 0. The molecule has 1 atom stereocenters. The zero-order valence-electron chi connectivity index (χ0n) is 11.6. The van der Waals surface area contributed by atoms with Gasteiger partial charge in [-0.1, -0.05) is 18.2 Å². The molecule has 1 aliphatic heterocycles. The summed E-state index contributed by atoms with van der Waals surface area (Å²) < 4.78 is 37.5. The molecule has 0 unspecified atom stereocenters. The first-order valence-corrected chi connectivity index (χ1v) is 6.87. The summed E-state index contributed by atoms with van der Waals surface area (Å²) in [5.41, 5.74) is 0.737. The van der Waals surface area contributed by atoms with Crippen molar-refractivity contribution < 1.29 is 38.5 Å². The molecule has 1 heterocycles. The SMILES string of the molecule is CC1(C)Oc2ccccc2[C@H](COS(N)(=O)=O)O1.O.O.O.